The van der Waals surface area contributed by atoms with Crippen molar-refractivity contribution in [2.45, 2.75) is 71.3 Å². The highest BCUT2D eigenvalue weighted by Gasteiger charge is 2.06. The Bertz CT molecular complexity index is 128. The van der Waals surface area contributed by atoms with Gasteiger partial charge < -0.3 is 10.1 Å². The van der Waals surface area contributed by atoms with Gasteiger partial charge in [0, 0.05) is 13.2 Å². The first-order valence-electron chi connectivity index (χ1n) is 7.07. The quantitative estimate of drug-likeness (QED) is 0.515. The molecule has 0 aliphatic rings. The first kappa shape index (κ1) is 15.9. The Morgan fingerprint density at radius 1 is 0.938 bits per heavy atom. The molecule has 2 heteroatoms. The fourth-order valence-corrected chi connectivity index (χ4v) is 1.97. The fraction of sp³-hybridized carbons (Fsp3) is 1.00. The highest BCUT2D eigenvalue weighted by atomic mass is 16.5. The summed E-state index contributed by atoms with van der Waals surface area (Å²) in [5.41, 5.74) is 0. The van der Waals surface area contributed by atoms with Crippen molar-refractivity contribution < 1.29 is 4.74 Å². The monoisotopic (exact) mass is 229 g/mol. The highest BCUT2D eigenvalue weighted by molar-refractivity contribution is 4.65. The van der Waals surface area contributed by atoms with E-state index in [0.717, 1.165) is 13.2 Å². The second-order valence-corrected chi connectivity index (χ2v) is 4.66. The Morgan fingerprint density at radius 2 is 1.62 bits per heavy atom. The first-order valence-corrected chi connectivity index (χ1v) is 7.07. The second-order valence-electron chi connectivity index (χ2n) is 4.66. The summed E-state index contributed by atoms with van der Waals surface area (Å²) in [6, 6.07) is 0.566. The van der Waals surface area contributed by atoms with Crippen LogP contribution in [0.3, 0.4) is 0 Å². The number of rotatable bonds is 12. The van der Waals surface area contributed by atoms with Crippen molar-refractivity contribution in [3.63, 3.8) is 0 Å². The van der Waals surface area contributed by atoms with Crippen LogP contribution in [0.15, 0.2) is 0 Å². The van der Waals surface area contributed by atoms with Crippen LogP contribution in [0, 0.1) is 0 Å². The standard InChI is InChI=1S/C14H31NO/c1-4-6-7-8-9-10-11-14(13-16-3)15-12-5-2/h14-15H,4-13H2,1-3H3. The predicted molar refractivity (Wildman–Crippen MR) is 72.0 cm³/mol. The highest BCUT2D eigenvalue weighted by Crippen LogP contribution is 2.08. The molecule has 0 fully saturated rings. The zero-order valence-corrected chi connectivity index (χ0v) is 11.6. The molecule has 0 aromatic rings. The summed E-state index contributed by atoms with van der Waals surface area (Å²) in [5.74, 6) is 0. The molecule has 0 saturated heterocycles. The first-order chi connectivity index (χ1) is 7.85. The minimum absolute atomic E-state index is 0.566. The van der Waals surface area contributed by atoms with E-state index in [1.165, 1.54) is 51.4 Å². The van der Waals surface area contributed by atoms with E-state index in [1.807, 2.05) is 0 Å². The van der Waals surface area contributed by atoms with Gasteiger partial charge in [0.15, 0.2) is 0 Å². The lowest BCUT2D eigenvalue weighted by atomic mass is 10.1. The van der Waals surface area contributed by atoms with E-state index in [-0.39, 0.29) is 0 Å². The summed E-state index contributed by atoms with van der Waals surface area (Å²) in [6.45, 7) is 6.45. The molecule has 1 unspecified atom stereocenters. The molecular formula is C14H31NO. The van der Waals surface area contributed by atoms with Crippen LogP contribution in [0.2, 0.25) is 0 Å². The molecule has 0 radical (unpaired) electrons. The maximum Gasteiger partial charge on any atom is 0.0615 e. The van der Waals surface area contributed by atoms with Crippen molar-refractivity contribution in [3.8, 4) is 0 Å². The Morgan fingerprint density at radius 3 is 2.25 bits per heavy atom. The molecule has 0 aliphatic carbocycles. The van der Waals surface area contributed by atoms with Gasteiger partial charge in [-0.25, -0.2) is 0 Å². The molecule has 0 bridgehead atoms. The largest absolute Gasteiger partial charge is 0.383 e. The molecule has 2 nitrogen and oxygen atoms in total. The van der Waals surface area contributed by atoms with Crippen LogP contribution in [0.4, 0.5) is 0 Å². The van der Waals surface area contributed by atoms with Gasteiger partial charge in [0.05, 0.1) is 6.61 Å². The molecule has 0 aromatic heterocycles. The molecule has 0 heterocycles. The Hall–Kier alpha value is -0.0800. The third-order valence-corrected chi connectivity index (χ3v) is 2.96. The molecule has 0 saturated carbocycles. The predicted octanol–water partition coefficient (Wildman–Crippen LogP) is 3.75. The topological polar surface area (TPSA) is 21.3 Å². The van der Waals surface area contributed by atoms with E-state index < -0.39 is 0 Å². The number of nitrogens with one attached hydrogen (secondary N) is 1. The summed E-state index contributed by atoms with van der Waals surface area (Å²) < 4.78 is 5.23. The number of ether oxygens (including phenoxy) is 1. The third-order valence-electron chi connectivity index (χ3n) is 2.96. The number of hydrogen-bond donors (Lipinski definition) is 1. The molecule has 98 valence electrons. The molecule has 0 amide bonds. The van der Waals surface area contributed by atoms with Gasteiger partial charge in [0.1, 0.15) is 0 Å². The molecule has 16 heavy (non-hydrogen) atoms. The lowest BCUT2D eigenvalue weighted by Gasteiger charge is -2.17. The average Bonchev–Trinajstić information content (AvgIpc) is 2.30. The van der Waals surface area contributed by atoms with Gasteiger partial charge in [-0.3, -0.25) is 0 Å². The maximum absolute atomic E-state index is 5.23. The van der Waals surface area contributed by atoms with Crippen molar-refractivity contribution >= 4 is 0 Å². The maximum atomic E-state index is 5.23. The van der Waals surface area contributed by atoms with Crippen LogP contribution in [-0.4, -0.2) is 26.3 Å². The Kier molecular flexibility index (Phi) is 12.9. The van der Waals surface area contributed by atoms with Gasteiger partial charge in [-0.2, -0.15) is 0 Å². The zero-order valence-electron chi connectivity index (χ0n) is 11.6. The summed E-state index contributed by atoms with van der Waals surface area (Å²) in [7, 11) is 1.79. The van der Waals surface area contributed by atoms with Crippen LogP contribution in [0.25, 0.3) is 0 Å². The van der Waals surface area contributed by atoms with Crippen molar-refractivity contribution in [1.29, 1.82) is 0 Å². The molecule has 0 aromatic carbocycles. The van der Waals surface area contributed by atoms with Crippen molar-refractivity contribution in [1.82, 2.24) is 5.32 Å². The van der Waals surface area contributed by atoms with Crippen molar-refractivity contribution in [2.24, 2.45) is 0 Å². The van der Waals surface area contributed by atoms with Crippen LogP contribution in [0.5, 0.6) is 0 Å². The van der Waals surface area contributed by atoms with Crippen molar-refractivity contribution in [3.05, 3.63) is 0 Å². The Balaban J connectivity index is 3.36. The van der Waals surface area contributed by atoms with Crippen LogP contribution >= 0.6 is 0 Å². The number of methoxy groups -OCH3 is 1. The Labute approximate surface area is 102 Å². The van der Waals surface area contributed by atoms with Crippen LogP contribution in [-0.2, 0) is 4.74 Å². The van der Waals surface area contributed by atoms with Crippen LogP contribution < -0.4 is 5.32 Å². The van der Waals surface area contributed by atoms with E-state index in [0.29, 0.717) is 6.04 Å². The molecule has 1 N–H and O–H groups in total. The number of unbranched alkanes of at least 4 members (excludes halogenated alkanes) is 5. The van der Waals surface area contributed by atoms with Crippen molar-refractivity contribution in [2.75, 3.05) is 20.3 Å². The SMILES string of the molecule is CCCCCCCCC(COC)NCCC. The van der Waals surface area contributed by atoms with E-state index in [2.05, 4.69) is 19.2 Å². The fourth-order valence-electron chi connectivity index (χ4n) is 1.97. The minimum atomic E-state index is 0.566. The molecule has 0 rings (SSSR count). The van der Waals surface area contributed by atoms with Gasteiger partial charge in [0.25, 0.3) is 0 Å². The zero-order chi connectivity index (χ0) is 12.1. The summed E-state index contributed by atoms with van der Waals surface area (Å²) in [6.07, 6.45) is 10.7. The van der Waals surface area contributed by atoms with Gasteiger partial charge in [-0.15, -0.1) is 0 Å². The van der Waals surface area contributed by atoms with Gasteiger partial charge >= 0.3 is 0 Å². The average molecular weight is 229 g/mol. The van der Waals surface area contributed by atoms with Gasteiger partial charge in [-0.05, 0) is 19.4 Å². The van der Waals surface area contributed by atoms with Gasteiger partial charge in [0.2, 0.25) is 0 Å². The molecule has 1 atom stereocenters. The van der Waals surface area contributed by atoms with Gasteiger partial charge in [-0.1, -0.05) is 52.4 Å². The van der Waals surface area contributed by atoms with E-state index in [9.17, 15) is 0 Å². The van der Waals surface area contributed by atoms with E-state index >= 15 is 0 Å². The smallest absolute Gasteiger partial charge is 0.0615 e. The molecule has 0 spiro atoms. The summed E-state index contributed by atoms with van der Waals surface area (Å²) in [4.78, 5) is 0. The minimum Gasteiger partial charge on any atom is -0.383 e. The lowest BCUT2D eigenvalue weighted by Crippen LogP contribution is -2.33. The molecule has 0 aliphatic heterocycles. The normalized spacial score (nSPS) is 12.9. The summed E-state index contributed by atoms with van der Waals surface area (Å²) >= 11 is 0. The van der Waals surface area contributed by atoms with E-state index in [1.54, 1.807) is 7.11 Å². The number of hydrogen-bond acceptors (Lipinski definition) is 2. The lowest BCUT2D eigenvalue weighted by molar-refractivity contribution is 0.161. The summed E-state index contributed by atoms with van der Waals surface area (Å²) in [5, 5.41) is 3.55. The molecular weight excluding hydrogens is 198 g/mol. The van der Waals surface area contributed by atoms with Crippen LogP contribution in [0.1, 0.15) is 65.2 Å². The third kappa shape index (κ3) is 10.4. The van der Waals surface area contributed by atoms with E-state index in [4.69, 9.17) is 4.74 Å². The second kappa shape index (κ2) is 13.0.